The van der Waals surface area contributed by atoms with Gasteiger partial charge in [-0.3, -0.25) is 14.9 Å². The van der Waals surface area contributed by atoms with Gasteiger partial charge >= 0.3 is 5.69 Å². The van der Waals surface area contributed by atoms with Crippen LogP contribution in [0.25, 0.3) is 0 Å². The van der Waals surface area contributed by atoms with Gasteiger partial charge in [0.05, 0.1) is 11.5 Å². The van der Waals surface area contributed by atoms with Crippen molar-refractivity contribution in [3.05, 3.63) is 56.9 Å². The fourth-order valence-corrected chi connectivity index (χ4v) is 2.72. The molecule has 0 amide bonds. The summed E-state index contributed by atoms with van der Waals surface area (Å²) in [5.41, 5.74) is 3.03. The molecular formula is C18H22N2O5. The molecule has 0 aliphatic rings. The first-order valence-corrected chi connectivity index (χ1v) is 7.91. The third kappa shape index (κ3) is 4.24. The molecule has 134 valence electrons. The predicted molar refractivity (Wildman–Crippen MR) is 93.4 cm³/mol. The maximum Gasteiger partial charge on any atom is 0.310 e. The lowest BCUT2D eigenvalue weighted by Crippen LogP contribution is -2.14. The van der Waals surface area contributed by atoms with Crippen LogP contribution in [0.2, 0.25) is 0 Å². The lowest BCUT2D eigenvalue weighted by molar-refractivity contribution is -0.385. The Bertz CT molecular complexity index is 795. The largest absolute Gasteiger partial charge is 0.478 e. The third-order valence-corrected chi connectivity index (χ3v) is 4.06. The second-order valence-electron chi connectivity index (χ2n) is 5.87. The first-order chi connectivity index (χ1) is 11.8. The van der Waals surface area contributed by atoms with Crippen molar-refractivity contribution in [1.29, 1.82) is 0 Å². The molecule has 0 radical (unpaired) electrons. The van der Waals surface area contributed by atoms with Crippen LogP contribution in [0.15, 0.2) is 24.3 Å². The van der Waals surface area contributed by atoms with Gasteiger partial charge in [0.15, 0.2) is 12.4 Å². The number of nitro benzene ring substituents is 1. The first kappa shape index (κ1) is 18.7. The van der Waals surface area contributed by atoms with Gasteiger partial charge in [0.1, 0.15) is 0 Å². The summed E-state index contributed by atoms with van der Waals surface area (Å²) in [5.74, 6) is -0.112. The first-order valence-electron chi connectivity index (χ1n) is 7.91. The Hall–Kier alpha value is -2.67. The lowest BCUT2D eigenvalue weighted by atomic mass is 10.1. The molecule has 2 aromatic rings. The monoisotopic (exact) mass is 346 g/mol. The molecule has 0 fully saturated rings. The minimum atomic E-state index is -0.518. The standard InChI is InChI=1S/C18H22N2O5/c1-12-5-6-16(20(22)23)18(9-12)25-11-17(21)15-10-13(2)19(14(15)3)7-8-24-4/h5-6,9-10H,7-8,11H2,1-4H3. The smallest absolute Gasteiger partial charge is 0.310 e. The van der Waals surface area contributed by atoms with Gasteiger partial charge in [0, 0.05) is 36.7 Å². The Morgan fingerprint density at radius 1 is 1.24 bits per heavy atom. The van der Waals surface area contributed by atoms with E-state index in [0.717, 1.165) is 17.0 Å². The quantitative estimate of drug-likeness (QED) is 0.416. The molecule has 0 unspecified atom stereocenters. The molecule has 1 heterocycles. The molecule has 7 heteroatoms. The number of carbonyl (C=O) groups is 1. The van der Waals surface area contributed by atoms with E-state index >= 15 is 0 Å². The van der Waals surface area contributed by atoms with Gasteiger partial charge in [-0.05, 0) is 38.5 Å². The summed E-state index contributed by atoms with van der Waals surface area (Å²) in [4.78, 5) is 23.1. The van der Waals surface area contributed by atoms with Crippen LogP contribution in [0.5, 0.6) is 5.75 Å². The summed E-state index contributed by atoms with van der Waals surface area (Å²) in [6.45, 7) is 6.55. The number of nitro groups is 1. The Labute approximate surface area is 146 Å². The molecule has 0 N–H and O–H groups in total. The minimum Gasteiger partial charge on any atom is -0.478 e. The number of benzene rings is 1. The van der Waals surface area contributed by atoms with Crippen LogP contribution in [0.4, 0.5) is 5.69 Å². The normalized spacial score (nSPS) is 10.7. The molecule has 0 aliphatic carbocycles. The lowest BCUT2D eigenvalue weighted by Gasteiger charge is -2.09. The molecule has 1 aromatic heterocycles. The molecule has 0 saturated carbocycles. The number of ketones is 1. The van der Waals surface area contributed by atoms with E-state index in [9.17, 15) is 14.9 Å². The van der Waals surface area contributed by atoms with E-state index in [1.807, 2.05) is 25.3 Å². The highest BCUT2D eigenvalue weighted by molar-refractivity contribution is 5.98. The summed E-state index contributed by atoms with van der Waals surface area (Å²) in [5, 5.41) is 11.1. The number of hydrogen-bond donors (Lipinski definition) is 0. The van der Waals surface area contributed by atoms with Crippen LogP contribution in [0.3, 0.4) is 0 Å². The number of ether oxygens (including phenoxy) is 2. The van der Waals surface area contributed by atoms with Crippen molar-refractivity contribution in [1.82, 2.24) is 4.57 Å². The fourth-order valence-electron chi connectivity index (χ4n) is 2.72. The van der Waals surface area contributed by atoms with E-state index in [0.29, 0.717) is 18.7 Å². The molecule has 25 heavy (non-hydrogen) atoms. The Balaban J connectivity index is 2.16. The van der Waals surface area contributed by atoms with Gasteiger partial charge in [-0.25, -0.2) is 0 Å². The van der Waals surface area contributed by atoms with Crippen LogP contribution in [0, 0.1) is 30.9 Å². The molecule has 0 bridgehead atoms. The number of aryl methyl sites for hydroxylation is 2. The van der Waals surface area contributed by atoms with Crippen molar-refractivity contribution >= 4 is 11.5 Å². The summed E-state index contributed by atoms with van der Waals surface area (Å²) in [7, 11) is 1.63. The number of Topliss-reactive ketones (excluding diaryl/α,β-unsaturated/α-hetero) is 1. The number of hydrogen-bond acceptors (Lipinski definition) is 5. The van der Waals surface area contributed by atoms with Gasteiger partial charge in [0.25, 0.3) is 0 Å². The average molecular weight is 346 g/mol. The predicted octanol–water partition coefficient (Wildman–Crippen LogP) is 3.23. The van der Waals surface area contributed by atoms with Crippen molar-refractivity contribution in [2.24, 2.45) is 0 Å². The highest BCUT2D eigenvalue weighted by atomic mass is 16.6. The number of rotatable bonds is 8. The SMILES string of the molecule is COCCn1c(C)cc(C(=O)COc2cc(C)ccc2[N+](=O)[O-])c1C. The minimum absolute atomic E-state index is 0.103. The molecular weight excluding hydrogens is 324 g/mol. The maximum atomic E-state index is 12.5. The molecule has 0 saturated heterocycles. The second kappa shape index (κ2) is 7.94. The molecule has 0 aliphatic heterocycles. The highest BCUT2D eigenvalue weighted by Gasteiger charge is 2.19. The Morgan fingerprint density at radius 3 is 2.60 bits per heavy atom. The summed E-state index contributed by atoms with van der Waals surface area (Å²) >= 11 is 0. The van der Waals surface area contributed by atoms with Gasteiger partial charge in [0.2, 0.25) is 5.78 Å². The van der Waals surface area contributed by atoms with Crippen LogP contribution in [-0.4, -0.2) is 35.6 Å². The van der Waals surface area contributed by atoms with Crippen LogP contribution < -0.4 is 4.74 Å². The van der Waals surface area contributed by atoms with Gasteiger partial charge in [-0.15, -0.1) is 0 Å². The van der Waals surface area contributed by atoms with Crippen molar-refractivity contribution in [3.8, 4) is 5.75 Å². The summed E-state index contributed by atoms with van der Waals surface area (Å²) in [6.07, 6.45) is 0. The Kier molecular flexibility index (Phi) is 5.93. The van der Waals surface area contributed by atoms with E-state index in [1.165, 1.54) is 6.07 Å². The van der Waals surface area contributed by atoms with Crippen molar-refractivity contribution in [2.75, 3.05) is 20.3 Å². The topological polar surface area (TPSA) is 83.6 Å². The van der Waals surface area contributed by atoms with E-state index in [2.05, 4.69) is 0 Å². The fraction of sp³-hybridized carbons (Fsp3) is 0.389. The zero-order valence-corrected chi connectivity index (χ0v) is 14.9. The molecule has 0 atom stereocenters. The zero-order chi connectivity index (χ0) is 18.6. The highest BCUT2D eigenvalue weighted by Crippen LogP contribution is 2.28. The van der Waals surface area contributed by atoms with E-state index in [1.54, 1.807) is 25.3 Å². The van der Waals surface area contributed by atoms with E-state index < -0.39 is 4.92 Å². The summed E-state index contributed by atoms with van der Waals surface area (Å²) < 4.78 is 12.5. The number of carbonyl (C=O) groups excluding carboxylic acids is 1. The summed E-state index contributed by atoms with van der Waals surface area (Å²) in [6, 6.07) is 6.39. The van der Waals surface area contributed by atoms with Crippen LogP contribution in [0.1, 0.15) is 27.3 Å². The van der Waals surface area contributed by atoms with Crippen molar-refractivity contribution in [3.63, 3.8) is 0 Å². The Morgan fingerprint density at radius 2 is 1.96 bits per heavy atom. The molecule has 2 rings (SSSR count). The van der Waals surface area contributed by atoms with Gasteiger partial charge in [-0.2, -0.15) is 0 Å². The molecule has 0 spiro atoms. The van der Waals surface area contributed by atoms with Crippen molar-refractivity contribution in [2.45, 2.75) is 27.3 Å². The number of nitrogens with zero attached hydrogens (tertiary/aromatic N) is 2. The number of aromatic nitrogens is 1. The number of methoxy groups -OCH3 is 1. The molecule has 7 nitrogen and oxygen atoms in total. The van der Waals surface area contributed by atoms with Gasteiger partial charge < -0.3 is 14.0 Å². The zero-order valence-electron chi connectivity index (χ0n) is 14.9. The van der Waals surface area contributed by atoms with Gasteiger partial charge in [-0.1, -0.05) is 6.07 Å². The maximum absolute atomic E-state index is 12.5. The van der Waals surface area contributed by atoms with Crippen molar-refractivity contribution < 1.29 is 19.2 Å². The van der Waals surface area contributed by atoms with Crippen LogP contribution >= 0.6 is 0 Å². The van der Waals surface area contributed by atoms with E-state index in [4.69, 9.17) is 9.47 Å². The van der Waals surface area contributed by atoms with E-state index in [-0.39, 0.29) is 23.8 Å². The third-order valence-electron chi connectivity index (χ3n) is 4.06. The molecule has 1 aromatic carbocycles. The average Bonchev–Trinajstić information content (AvgIpc) is 2.85. The van der Waals surface area contributed by atoms with Crippen LogP contribution in [-0.2, 0) is 11.3 Å². The second-order valence-corrected chi connectivity index (χ2v) is 5.87.